The van der Waals surface area contributed by atoms with Gasteiger partial charge in [-0.3, -0.25) is 0 Å². The molecule has 0 saturated carbocycles. The minimum absolute atomic E-state index is 0.250. The van der Waals surface area contributed by atoms with E-state index in [9.17, 15) is 4.39 Å². The van der Waals surface area contributed by atoms with Gasteiger partial charge in [0.2, 0.25) is 0 Å². The van der Waals surface area contributed by atoms with E-state index in [0.29, 0.717) is 17.0 Å². The second kappa shape index (κ2) is 6.18. The number of hydrogen-bond donors (Lipinski definition) is 1. The average molecular weight is 278 g/mol. The zero-order valence-electron chi connectivity index (χ0n) is 10.9. The molecular formula is C16H17ClFN. The van der Waals surface area contributed by atoms with Gasteiger partial charge < -0.3 is 5.73 Å². The van der Waals surface area contributed by atoms with Crippen molar-refractivity contribution in [1.82, 2.24) is 0 Å². The Morgan fingerprint density at radius 1 is 1.16 bits per heavy atom. The predicted octanol–water partition coefficient (Wildman–Crippen LogP) is 4.28. The molecule has 2 aromatic carbocycles. The van der Waals surface area contributed by atoms with Crippen molar-refractivity contribution in [2.75, 3.05) is 0 Å². The lowest BCUT2D eigenvalue weighted by molar-refractivity contribution is 0.593. The minimum Gasteiger partial charge on any atom is -0.324 e. The van der Waals surface area contributed by atoms with Crippen molar-refractivity contribution in [2.24, 2.45) is 5.73 Å². The molecule has 0 radical (unpaired) electrons. The first-order valence-corrected chi connectivity index (χ1v) is 6.77. The molecule has 100 valence electrons. The number of rotatable bonds is 4. The topological polar surface area (TPSA) is 26.0 Å². The Kier molecular flexibility index (Phi) is 4.56. The van der Waals surface area contributed by atoms with Crippen LogP contribution in [0, 0.1) is 5.82 Å². The highest BCUT2D eigenvalue weighted by Crippen LogP contribution is 2.24. The Hall–Kier alpha value is -1.38. The molecule has 0 heterocycles. The predicted molar refractivity (Wildman–Crippen MR) is 77.9 cm³/mol. The van der Waals surface area contributed by atoms with Crippen molar-refractivity contribution in [1.29, 1.82) is 0 Å². The summed E-state index contributed by atoms with van der Waals surface area (Å²) in [6.45, 7) is 2.11. The first-order valence-electron chi connectivity index (χ1n) is 6.39. The van der Waals surface area contributed by atoms with E-state index in [2.05, 4.69) is 19.1 Å². The number of aryl methyl sites for hydroxylation is 1. The molecule has 1 unspecified atom stereocenters. The molecule has 0 aliphatic heterocycles. The van der Waals surface area contributed by atoms with E-state index in [0.717, 1.165) is 12.0 Å². The van der Waals surface area contributed by atoms with E-state index in [1.165, 1.54) is 11.6 Å². The van der Waals surface area contributed by atoms with E-state index in [-0.39, 0.29) is 11.9 Å². The maximum atomic E-state index is 13.7. The molecule has 0 saturated heterocycles. The summed E-state index contributed by atoms with van der Waals surface area (Å²) >= 11 is 6.01. The lowest BCUT2D eigenvalue weighted by atomic mass is 9.98. The van der Waals surface area contributed by atoms with Crippen LogP contribution in [0.1, 0.15) is 29.7 Å². The van der Waals surface area contributed by atoms with Gasteiger partial charge in [-0.1, -0.05) is 48.9 Å². The summed E-state index contributed by atoms with van der Waals surface area (Å²) in [5, 5.41) is 0.431. The largest absolute Gasteiger partial charge is 0.324 e. The lowest BCUT2D eigenvalue weighted by Crippen LogP contribution is -2.14. The van der Waals surface area contributed by atoms with Crippen LogP contribution in [-0.2, 0) is 12.8 Å². The van der Waals surface area contributed by atoms with Crippen LogP contribution in [0.4, 0.5) is 4.39 Å². The van der Waals surface area contributed by atoms with Gasteiger partial charge in [-0.05, 0) is 36.1 Å². The summed E-state index contributed by atoms with van der Waals surface area (Å²) in [4.78, 5) is 0. The van der Waals surface area contributed by atoms with E-state index in [1.54, 1.807) is 12.1 Å². The SMILES string of the molecule is CCc1ccc(C(N)Cc2c(F)cccc2Cl)cc1. The quantitative estimate of drug-likeness (QED) is 0.887. The molecule has 0 bridgehead atoms. The van der Waals surface area contributed by atoms with Crippen LogP contribution < -0.4 is 5.73 Å². The van der Waals surface area contributed by atoms with Crippen molar-refractivity contribution in [3.8, 4) is 0 Å². The zero-order valence-corrected chi connectivity index (χ0v) is 11.6. The third-order valence-electron chi connectivity index (χ3n) is 3.30. The smallest absolute Gasteiger partial charge is 0.127 e. The van der Waals surface area contributed by atoms with Gasteiger partial charge in [-0.2, -0.15) is 0 Å². The Morgan fingerprint density at radius 3 is 2.42 bits per heavy atom. The highest BCUT2D eigenvalue weighted by molar-refractivity contribution is 6.31. The Balaban J connectivity index is 2.18. The van der Waals surface area contributed by atoms with Crippen LogP contribution in [0.3, 0.4) is 0 Å². The first kappa shape index (κ1) is 14.0. The molecule has 0 amide bonds. The molecular weight excluding hydrogens is 261 g/mol. The van der Waals surface area contributed by atoms with Crippen molar-refractivity contribution >= 4 is 11.6 Å². The highest BCUT2D eigenvalue weighted by atomic mass is 35.5. The van der Waals surface area contributed by atoms with Gasteiger partial charge in [0.1, 0.15) is 5.82 Å². The van der Waals surface area contributed by atoms with Crippen LogP contribution in [0.15, 0.2) is 42.5 Å². The number of benzene rings is 2. The highest BCUT2D eigenvalue weighted by Gasteiger charge is 2.13. The second-order valence-corrected chi connectivity index (χ2v) is 5.01. The average Bonchev–Trinajstić information content (AvgIpc) is 2.43. The first-order chi connectivity index (χ1) is 9.11. The van der Waals surface area contributed by atoms with Crippen LogP contribution >= 0.6 is 11.6 Å². The molecule has 1 atom stereocenters. The van der Waals surface area contributed by atoms with Gasteiger partial charge in [0.15, 0.2) is 0 Å². The van der Waals surface area contributed by atoms with Gasteiger partial charge in [0.25, 0.3) is 0 Å². The maximum Gasteiger partial charge on any atom is 0.127 e. The van der Waals surface area contributed by atoms with E-state index in [4.69, 9.17) is 17.3 Å². The van der Waals surface area contributed by atoms with Crippen LogP contribution in [0.25, 0.3) is 0 Å². The zero-order chi connectivity index (χ0) is 13.8. The summed E-state index contributed by atoms with van der Waals surface area (Å²) in [6.07, 6.45) is 1.39. The third kappa shape index (κ3) is 3.34. The molecule has 2 rings (SSSR count). The molecule has 2 N–H and O–H groups in total. The van der Waals surface area contributed by atoms with Gasteiger partial charge in [0, 0.05) is 16.6 Å². The summed E-state index contributed by atoms with van der Waals surface area (Å²) in [7, 11) is 0. The second-order valence-electron chi connectivity index (χ2n) is 4.61. The summed E-state index contributed by atoms with van der Waals surface area (Å²) in [5.41, 5.74) is 8.87. The van der Waals surface area contributed by atoms with Crippen molar-refractivity contribution in [3.63, 3.8) is 0 Å². The molecule has 3 heteroatoms. The molecule has 0 spiro atoms. The van der Waals surface area contributed by atoms with Crippen LogP contribution in [0.5, 0.6) is 0 Å². The normalized spacial score (nSPS) is 12.4. The molecule has 0 aliphatic carbocycles. The molecule has 0 aromatic heterocycles. The monoisotopic (exact) mass is 277 g/mol. The van der Waals surface area contributed by atoms with Crippen LogP contribution in [-0.4, -0.2) is 0 Å². The fourth-order valence-corrected chi connectivity index (χ4v) is 2.31. The fourth-order valence-electron chi connectivity index (χ4n) is 2.07. The van der Waals surface area contributed by atoms with E-state index < -0.39 is 0 Å². The van der Waals surface area contributed by atoms with Gasteiger partial charge >= 0.3 is 0 Å². The van der Waals surface area contributed by atoms with Gasteiger partial charge in [0.05, 0.1) is 0 Å². The minimum atomic E-state index is -0.298. The van der Waals surface area contributed by atoms with E-state index in [1.807, 2.05) is 12.1 Å². The summed E-state index contributed by atoms with van der Waals surface area (Å²) < 4.78 is 13.7. The fraction of sp³-hybridized carbons (Fsp3) is 0.250. The standard InChI is InChI=1S/C16H17ClFN/c1-2-11-6-8-12(9-7-11)16(19)10-13-14(17)4-3-5-15(13)18/h3-9,16H,2,10,19H2,1H3. The molecule has 0 fully saturated rings. The number of nitrogens with two attached hydrogens (primary N) is 1. The third-order valence-corrected chi connectivity index (χ3v) is 3.66. The Labute approximate surface area is 118 Å². The van der Waals surface area contributed by atoms with Crippen molar-refractivity contribution in [2.45, 2.75) is 25.8 Å². The Bertz CT molecular complexity index is 531. The molecule has 19 heavy (non-hydrogen) atoms. The van der Waals surface area contributed by atoms with Gasteiger partial charge in [-0.25, -0.2) is 4.39 Å². The summed E-state index contributed by atoms with van der Waals surface area (Å²) in [5.74, 6) is -0.298. The molecule has 0 aliphatic rings. The lowest BCUT2D eigenvalue weighted by Gasteiger charge is -2.14. The maximum absolute atomic E-state index is 13.7. The van der Waals surface area contributed by atoms with Crippen molar-refractivity contribution in [3.05, 3.63) is 70.0 Å². The van der Waals surface area contributed by atoms with E-state index >= 15 is 0 Å². The number of halogens is 2. The van der Waals surface area contributed by atoms with Gasteiger partial charge in [-0.15, -0.1) is 0 Å². The van der Waals surface area contributed by atoms with Crippen LogP contribution in [0.2, 0.25) is 5.02 Å². The molecule has 2 aromatic rings. The molecule has 1 nitrogen and oxygen atoms in total. The number of hydrogen-bond acceptors (Lipinski definition) is 1. The summed E-state index contributed by atoms with van der Waals surface area (Å²) in [6, 6.07) is 12.6. The Morgan fingerprint density at radius 2 is 1.84 bits per heavy atom. The van der Waals surface area contributed by atoms with Crippen molar-refractivity contribution < 1.29 is 4.39 Å².